The van der Waals surface area contributed by atoms with Crippen LogP contribution < -0.4 is 16.0 Å². The molecule has 4 rings (SSSR count). The summed E-state index contributed by atoms with van der Waals surface area (Å²) in [4.78, 5) is 36.3. The molecule has 2 aromatic rings. The number of hydrogen-bond acceptors (Lipinski definition) is 3. The van der Waals surface area contributed by atoms with Crippen molar-refractivity contribution in [3.8, 4) is 0 Å². The Bertz CT molecular complexity index is 946. The number of nitrogens with zero attached hydrogens (tertiary/aromatic N) is 1. The molecule has 1 aliphatic carbocycles. The van der Waals surface area contributed by atoms with E-state index >= 15 is 0 Å². The number of carbonyl (C=O) groups is 3. The van der Waals surface area contributed by atoms with Gasteiger partial charge in [-0.15, -0.1) is 0 Å². The largest absolute Gasteiger partial charge is 0.349 e. The van der Waals surface area contributed by atoms with Crippen LogP contribution in [0.15, 0.2) is 36.9 Å². The molecule has 7 nitrogen and oxygen atoms in total. The number of fused-ring (bicyclic) bond motifs is 3. The Balaban J connectivity index is 1.55. The number of rotatable bonds is 4. The molecule has 1 saturated carbocycles. The van der Waals surface area contributed by atoms with E-state index in [9.17, 15) is 14.4 Å². The van der Waals surface area contributed by atoms with Gasteiger partial charge >= 0.3 is 0 Å². The van der Waals surface area contributed by atoms with Crippen molar-refractivity contribution in [3.63, 3.8) is 0 Å². The molecule has 3 N–H and O–H groups in total. The molecule has 0 bridgehead atoms. The summed E-state index contributed by atoms with van der Waals surface area (Å²) in [5.74, 6) is -0.478. The molecule has 27 heavy (non-hydrogen) atoms. The Labute approximate surface area is 156 Å². The fourth-order valence-corrected chi connectivity index (χ4v) is 4.00. The first kappa shape index (κ1) is 17.3. The van der Waals surface area contributed by atoms with Gasteiger partial charge in [0.25, 0.3) is 11.8 Å². The lowest BCUT2D eigenvalue weighted by Crippen LogP contribution is -2.48. The van der Waals surface area contributed by atoms with Crippen LogP contribution in [0.25, 0.3) is 10.9 Å². The van der Waals surface area contributed by atoms with Crippen molar-refractivity contribution in [1.29, 1.82) is 0 Å². The van der Waals surface area contributed by atoms with Gasteiger partial charge in [0.2, 0.25) is 5.91 Å². The molecule has 7 heteroatoms. The molecule has 2 heterocycles. The van der Waals surface area contributed by atoms with Gasteiger partial charge in [0, 0.05) is 41.6 Å². The molecule has 2 atom stereocenters. The molecule has 1 aromatic heterocycles. The van der Waals surface area contributed by atoms with Gasteiger partial charge in [-0.3, -0.25) is 14.4 Å². The second-order valence-corrected chi connectivity index (χ2v) is 7.04. The van der Waals surface area contributed by atoms with Crippen LogP contribution in [0.5, 0.6) is 0 Å². The number of aromatic nitrogens is 1. The summed E-state index contributed by atoms with van der Waals surface area (Å²) < 4.78 is 1.95. The third kappa shape index (κ3) is 3.20. The number of benzene rings is 1. The summed E-state index contributed by atoms with van der Waals surface area (Å²) in [6.45, 7) is 4.74. The van der Waals surface area contributed by atoms with Crippen LogP contribution in [0, 0.1) is 0 Å². The van der Waals surface area contributed by atoms with E-state index in [4.69, 9.17) is 0 Å². The highest BCUT2D eigenvalue weighted by atomic mass is 16.2. The molecule has 0 radical (unpaired) electrons. The van der Waals surface area contributed by atoms with E-state index in [1.165, 1.54) is 6.08 Å². The van der Waals surface area contributed by atoms with E-state index in [1.54, 1.807) is 6.07 Å². The van der Waals surface area contributed by atoms with Crippen molar-refractivity contribution < 1.29 is 14.4 Å². The lowest BCUT2D eigenvalue weighted by molar-refractivity contribution is -0.117. The quantitative estimate of drug-likeness (QED) is 0.713. The number of hydrogen-bond donors (Lipinski definition) is 3. The minimum absolute atomic E-state index is 0.0760. The van der Waals surface area contributed by atoms with Gasteiger partial charge in [0.15, 0.2) is 0 Å². The summed E-state index contributed by atoms with van der Waals surface area (Å²) in [6.07, 6.45) is 3.87. The van der Waals surface area contributed by atoms with Crippen LogP contribution in [0.2, 0.25) is 0 Å². The van der Waals surface area contributed by atoms with E-state index in [0.29, 0.717) is 24.3 Å². The molecule has 140 valence electrons. The number of nitrogens with one attached hydrogen (secondary N) is 3. The fraction of sp³-hybridized carbons (Fsp3) is 0.350. The van der Waals surface area contributed by atoms with E-state index in [-0.39, 0.29) is 29.8 Å². The summed E-state index contributed by atoms with van der Waals surface area (Å²) in [5.41, 5.74) is 2.06. The van der Waals surface area contributed by atoms with Crippen molar-refractivity contribution in [2.24, 2.45) is 0 Å². The average Bonchev–Trinajstić information content (AvgIpc) is 3.26. The van der Waals surface area contributed by atoms with Crippen LogP contribution in [0.4, 0.5) is 0 Å². The van der Waals surface area contributed by atoms with E-state index in [0.717, 1.165) is 30.2 Å². The highest BCUT2D eigenvalue weighted by Crippen LogP contribution is 2.24. The summed E-state index contributed by atoms with van der Waals surface area (Å²) >= 11 is 0. The van der Waals surface area contributed by atoms with Crippen molar-refractivity contribution in [2.75, 3.05) is 6.54 Å². The highest BCUT2D eigenvalue weighted by molar-refractivity contribution is 6.02. The Morgan fingerprint density at radius 1 is 1.19 bits per heavy atom. The summed E-state index contributed by atoms with van der Waals surface area (Å²) in [5, 5.41) is 9.70. The summed E-state index contributed by atoms with van der Waals surface area (Å²) in [6, 6.07) is 7.15. The predicted octanol–water partition coefficient (Wildman–Crippen LogP) is 1.34. The minimum Gasteiger partial charge on any atom is -0.349 e. The van der Waals surface area contributed by atoms with Gasteiger partial charge in [0.05, 0.1) is 0 Å². The van der Waals surface area contributed by atoms with Crippen molar-refractivity contribution in [2.45, 2.75) is 37.9 Å². The molecule has 1 aliphatic heterocycles. The maximum atomic E-state index is 12.8. The van der Waals surface area contributed by atoms with E-state index in [1.807, 2.05) is 22.8 Å². The lowest BCUT2D eigenvalue weighted by atomic mass is 10.1. The van der Waals surface area contributed by atoms with Crippen LogP contribution in [0.1, 0.15) is 40.1 Å². The molecular formula is C20H22N4O3. The van der Waals surface area contributed by atoms with Crippen LogP contribution in [-0.2, 0) is 11.3 Å². The van der Waals surface area contributed by atoms with Gasteiger partial charge in [-0.25, -0.2) is 0 Å². The predicted molar refractivity (Wildman–Crippen MR) is 102 cm³/mol. The monoisotopic (exact) mass is 366 g/mol. The molecule has 1 fully saturated rings. The molecule has 0 saturated heterocycles. The third-order valence-corrected chi connectivity index (χ3v) is 5.37. The molecule has 0 spiro atoms. The van der Waals surface area contributed by atoms with Crippen molar-refractivity contribution >= 4 is 28.6 Å². The molecule has 0 unspecified atom stereocenters. The van der Waals surface area contributed by atoms with Gasteiger partial charge in [-0.05, 0) is 43.5 Å². The van der Waals surface area contributed by atoms with Crippen LogP contribution in [-0.4, -0.2) is 40.9 Å². The van der Waals surface area contributed by atoms with Gasteiger partial charge < -0.3 is 20.5 Å². The van der Waals surface area contributed by atoms with E-state index in [2.05, 4.69) is 22.5 Å². The zero-order chi connectivity index (χ0) is 19.0. The molecule has 2 aliphatic rings. The van der Waals surface area contributed by atoms with Gasteiger partial charge in [0.1, 0.15) is 5.69 Å². The topological polar surface area (TPSA) is 92.2 Å². The Morgan fingerprint density at radius 2 is 1.96 bits per heavy atom. The first-order chi connectivity index (χ1) is 13.1. The SMILES string of the molecule is C=CC(=O)N[C@@H]1CCC[C@@H]1NC(=O)c1ccc2cc3n(c2c1)CCNC3=O. The average molecular weight is 366 g/mol. The van der Waals surface area contributed by atoms with Crippen LogP contribution >= 0.6 is 0 Å². The summed E-state index contributed by atoms with van der Waals surface area (Å²) in [7, 11) is 0. The van der Waals surface area contributed by atoms with Crippen molar-refractivity contribution in [3.05, 3.63) is 48.2 Å². The second kappa shape index (κ2) is 6.90. The standard InChI is InChI=1S/C20H22N4O3/c1-2-18(25)22-14-4-3-5-15(14)23-19(26)13-7-6-12-10-17-20(27)21-8-9-24(17)16(12)11-13/h2,6-7,10-11,14-15H,1,3-5,8-9H2,(H,21,27)(H,22,25)(H,23,26)/t14-,15+/m1/s1. The first-order valence-corrected chi connectivity index (χ1v) is 9.22. The number of carbonyl (C=O) groups excluding carboxylic acids is 3. The Hall–Kier alpha value is -3.09. The first-order valence-electron chi connectivity index (χ1n) is 9.22. The Morgan fingerprint density at radius 3 is 2.74 bits per heavy atom. The Kier molecular flexibility index (Phi) is 4.43. The fourth-order valence-electron chi connectivity index (χ4n) is 4.00. The molecular weight excluding hydrogens is 344 g/mol. The maximum absolute atomic E-state index is 12.8. The minimum atomic E-state index is -0.222. The second-order valence-electron chi connectivity index (χ2n) is 7.04. The molecule has 3 amide bonds. The number of amides is 3. The zero-order valence-corrected chi connectivity index (χ0v) is 15.0. The molecule has 1 aromatic carbocycles. The van der Waals surface area contributed by atoms with Crippen LogP contribution in [0.3, 0.4) is 0 Å². The van der Waals surface area contributed by atoms with E-state index < -0.39 is 0 Å². The van der Waals surface area contributed by atoms with Gasteiger partial charge in [-0.1, -0.05) is 12.6 Å². The third-order valence-electron chi connectivity index (χ3n) is 5.37. The zero-order valence-electron chi connectivity index (χ0n) is 15.0. The highest BCUT2D eigenvalue weighted by Gasteiger charge is 2.30. The lowest BCUT2D eigenvalue weighted by Gasteiger charge is -2.22. The smallest absolute Gasteiger partial charge is 0.268 e. The normalized spacial score (nSPS) is 21.4. The van der Waals surface area contributed by atoms with Crippen molar-refractivity contribution in [1.82, 2.24) is 20.5 Å². The van der Waals surface area contributed by atoms with Gasteiger partial charge in [-0.2, -0.15) is 0 Å². The maximum Gasteiger partial charge on any atom is 0.268 e.